The molecule has 2 unspecified atom stereocenters. The van der Waals surface area contributed by atoms with Crippen molar-refractivity contribution < 1.29 is 14.7 Å². The molecule has 3 amide bonds. The summed E-state index contributed by atoms with van der Waals surface area (Å²) in [6.07, 6.45) is 1.93. The number of likely N-dealkylation sites (N-methyl/N-ethyl adjacent to an activating group) is 1. The molecule has 3 rings (SSSR count). The summed E-state index contributed by atoms with van der Waals surface area (Å²) < 4.78 is 0. The summed E-state index contributed by atoms with van der Waals surface area (Å²) in [5.74, 6) is 0.0112. The van der Waals surface area contributed by atoms with Gasteiger partial charge in [0.1, 0.15) is 5.69 Å². The minimum atomic E-state index is -0.415. The Morgan fingerprint density at radius 3 is 2.62 bits per heavy atom. The standard InChI is InChI=1S/C18H27N5O3/c1-13(24)14-4-6-23(12-14)18(26)20-15-3-5-19-16(11-15)17(25)22-9-7-21(2)8-10-22/h3,5,11,13-14,24H,4,6-10,12H2,1-2H3,(H,19,20,26). The Morgan fingerprint density at radius 1 is 1.23 bits per heavy atom. The van der Waals surface area contributed by atoms with E-state index in [4.69, 9.17) is 0 Å². The normalized spacial score (nSPS) is 22.3. The first-order valence-electron chi connectivity index (χ1n) is 9.12. The van der Waals surface area contributed by atoms with E-state index in [9.17, 15) is 14.7 Å². The van der Waals surface area contributed by atoms with E-state index in [0.29, 0.717) is 37.6 Å². The fourth-order valence-corrected chi connectivity index (χ4v) is 3.36. The van der Waals surface area contributed by atoms with E-state index < -0.39 is 6.10 Å². The molecule has 2 aliphatic heterocycles. The second-order valence-corrected chi connectivity index (χ2v) is 7.19. The van der Waals surface area contributed by atoms with Gasteiger partial charge in [0.05, 0.1) is 6.10 Å². The van der Waals surface area contributed by atoms with Gasteiger partial charge in [-0.25, -0.2) is 4.79 Å². The largest absolute Gasteiger partial charge is 0.393 e. The van der Waals surface area contributed by atoms with Crippen LogP contribution in [-0.2, 0) is 0 Å². The molecule has 1 aromatic rings. The summed E-state index contributed by atoms with van der Waals surface area (Å²) >= 11 is 0. The van der Waals surface area contributed by atoms with E-state index >= 15 is 0 Å². The van der Waals surface area contributed by atoms with Crippen molar-refractivity contribution in [2.45, 2.75) is 19.4 Å². The molecule has 0 aliphatic carbocycles. The summed E-state index contributed by atoms with van der Waals surface area (Å²) in [5.41, 5.74) is 0.901. The molecule has 2 aliphatic rings. The van der Waals surface area contributed by atoms with Gasteiger partial charge in [-0.2, -0.15) is 0 Å². The highest BCUT2D eigenvalue weighted by Crippen LogP contribution is 2.21. The van der Waals surface area contributed by atoms with Crippen LogP contribution in [0.4, 0.5) is 10.5 Å². The number of nitrogens with one attached hydrogen (secondary N) is 1. The third kappa shape index (κ3) is 4.31. The number of carbonyl (C=O) groups excluding carboxylic acids is 2. The lowest BCUT2D eigenvalue weighted by Crippen LogP contribution is -2.47. The zero-order valence-electron chi connectivity index (χ0n) is 15.4. The molecule has 8 nitrogen and oxygen atoms in total. The topological polar surface area (TPSA) is 89.0 Å². The second kappa shape index (κ2) is 8.01. The van der Waals surface area contributed by atoms with Crippen molar-refractivity contribution in [3.05, 3.63) is 24.0 Å². The van der Waals surface area contributed by atoms with Crippen molar-refractivity contribution in [1.82, 2.24) is 19.7 Å². The molecule has 2 atom stereocenters. The number of hydrogen-bond acceptors (Lipinski definition) is 5. The van der Waals surface area contributed by atoms with E-state index in [-0.39, 0.29) is 17.9 Å². The van der Waals surface area contributed by atoms with Gasteiger partial charge in [-0.3, -0.25) is 9.78 Å². The summed E-state index contributed by atoms with van der Waals surface area (Å²) in [5, 5.41) is 12.5. The summed E-state index contributed by atoms with van der Waals surface area (Å²) in [4.78, 5) is 34.9. The average molecular weight is 361 g/mol. The Hall–Kier alpha value is -2.19. The van der Waals surface area contributed by atoms with Crippen LogP contribution >= 0.6 is 0 Å². The van der Waals surface area contributed by atoms with Gasteiger partial charge in [0.25, 0.3) is 5.91 Å². The molecular weight excluding hydrogens is 334 g/mol. The molecule has 0 aromatic carbocycles. The van der Waals surface area contributed by atoms with Gasteiger partial charge in [-0.05, 0) is 32.5 Å². The predicted molar refractivity (Wildman–Crippen MR) is 98.0 cm³/mol. The van der Waals surface area contributed by atoms with E-state index in [2.05, 4.69) is 15.2 Å². The number of amides is 3. The molecule has 3 heterocycles. The molecule has 0 saturated carbocycles. The Labute approximate surface area is 153 Å². The molecule has 2 fully saturated rings. The van der Waals surface area contributed by atoms with Crippen molar-refractivity contribution in [1.29, 1.82) is 0 Å². The molecule has 0 spiro atoms. The van der Waals surface area contributed by atoms with E-state index in [0.717, 1.165) is 19.5 Å². The number of pyridine rings is 1. The minimum Gasteiger partial charge on any atom is -0.393 e. The predicted octanol–water partition coefficient (Wildman–Crippen LogP) is 0.704. The third-order valence-corrected chi connectivity index (χ3v) is 5.21. The van der Waals surface area contributed by atoms with Crippen molar-refractivity contribution in [2.75, 3.05) is 51.6 Å². The summed E-state index contributed by atoms with van der Waals surface area (Å²) in [6.45, 7) is 5.99. The van der Waals surface area contributed by atoms with E-state index in [1.54, 1.807) is 35.1 Å². The minimum absolute atomic E-state index is 0.107. The van der Waals surface area contributed by atoms with E-state index in [1.807, 2.05) is 7.05 Å². The van der Waals surface area contributed by atoms with Gasteiger partial charge in [0.15, 0.2) is 0 Å². The maximum atomic E-state index is 12.6. The molecule has 0 bridgehead atoms. The lowest BCUT2D eigenvalue weighted by molar-refractivity contribution is 0.0658. The second-order valence-electron chi connectivity index (χ2n) is 7.19. The first-order chi connectivity index (χ1) is 12.4. The zero-order valence-corrected chi connectivity index (χ0v) is 15.4. The molecule has 0 radical (unpaired) electrons. The monoisotopic (exact) mass is 361 g/mol. The Bertz CT molecular complexity index is 658. The first kappa shape index (κ1) is 18.6. The summed E-state index contributed by atoms with van der Waals surface area (Å²) in [7, 11) is 2.04. The summed E-state index contributed by atoms with van der Waals surface area (Å²) in [6, 6.07) is 3.10. The number of aliphatic hydroxyl groups excluding tert-OH is 1. The molecule has 2 saturated heterocycles. The van der Waals surface area contributed by atoms with Gasteiger partial charge in [-0.1, -0.05) is 0 Å². The number of aliphatic hydroxyl groups is 1. The average Bonchev–Trinajstić information content (AvgIpc) is 3.13. The highest BCUT2D eigenvalue weighted by Gasteiger charge is 2.29. The SMILES string of the molecule is CC(O)C1CCN(C(=O)Nc2ccnc(C(=O)N3CCN(C)CC3)c2)C1. The molecule has 142 valence electrons. The first-order valence-corrected chi connectivity index (χ1v) is 9.12. The fourth-order valence-electron chi connectivity index (χ4n) is 3.36. The number of hydrogen-bond donors (Lipinski definition) is 2. The van der Waals surface area contributed by atoms with Crippen LogP contribution < -0.4 is 5.32 Å². The molecule has 8 heteroatoms. The highest BCUT2D eigenvalue weighted by molar-refractivity contribution is 5.95. The van der Waals surface area contributed by atoms with Gasteiger partial charge in [-0.15, -0.1) is 0 Å². The van der Waals surface area contributed by atoms with Crippen molar-refractivity contribution in [3.8, 4) is 0 Å². The number of rotatable bonds is 3. The molecule has 2 N–H and O–H groups in total. The maximum absolute atomic E-state index is 12.6. The van der Waals surface area contributed by atoms with Crippen molar-refractivity contribution >= 4 is 17.6 Å². The van der Waals surface area contributed by atoms with Gasteiger partial charge >= 0.3 is 6.03 Å². The molecule has 26 heavy (non-hydrogen) atoms. The van der Waals surface area contributed by atoms with Crippen LogP contribution in [0.1, 0.15) is 23.8 Å². The smallest absolute Gasteiger partial charge is 0.321 e. The van der Waals surface area contributed by atoms with Crippen molar-refractivity contribution in [2.24, 2.45) is 5.92 Å². The number of piperazine rings is 1. The molecule has 1 aromatic heterocycles. The third-order valence-electron chi connectivity index (χ3n) is 5.21. The van der Waals surface area contributed by atoms with Crippen LogP contribution in [0.15, 0.2) is 18.3 Å². The Balaban J connectivity index is 1.60. The number of carbonyl (C=O) groups is 2. The number of anilines is 1. The fraction of sp³-hybridized carbons (Fsp3) is 0.611. The van der Waals surface area contributed by atoms with Gasteiger partial charge < -0.3 is 25.1 Å². The van der Waals surface area contributed by atoms with Crippen molar-refractivity contribution in [3.63, 3.8) is 0 Å². The van der Waals surface area contributed by atoms with E-state index in [1.165, 1.54) is 0 Å². The Morgan fingerprint density at radius 2 is 1.96 bits per heavy atom. The van der Waals surface area contributed by atoms with Gasteiger partial charge in [0, 0.05) is 57.1 Å². The van der Waals surface area contributed by atoms with Crippen LogP contribution in [0, 0.1) is 5.92 Å². The zero-order chi connectivity index (χ0) is 18.7. The van der Waals surface area contributed by atoms with Crippen LogP contribution in [0.25, 0.3) is 0 Å². The van der Waals surface area contributed by atoms with Gasteiger partial charge in [0.2, 0.25) is 0 Å². The van der Waals surface area contributed by atoms with Crippen LogP contribution in [-0.4, -0.2) is 89.1 Å². The lowest BCUT2D eigenvalue weighted by atomic mass is 10.0. The molecular formula is C18H27N5O3. The lowest BCUT2D eigenvalue weighted by Gasteiger charge is -2.32. The Kier molecular flexibility index (Phi) is 5.73. The number of nitrogens with zero attached hydrogens (tertiary/aromatic N) is 4. The number of aromatic nitrogens is 1. The number of likely N-dealkylation sites (tertiary alicyclic amines) is 1. The quantitative estimate of drug-likeness (QED) is 0.827. The van der Waals surface area contributed by atoms with Crippen LogP contribution in [0.3, 0.4) is 0 Å². The van der Waals surface area contributed by atoms with Crippen LogP contribution in [0.5, 0.6) is 0 Å². The maximum Gasteiger partial charge on any atom is 0.321 e. The number of urea groups is 1. The highest BCUT2D eigenvalue weighted by atomic mass is 16.3. The van der Waals surface area contributed by atoms with Crippen LogP contribution in [0.2, 0.25) is 0 Å².